The predicted molar refractivity (Wildman–Crippen MR) is 70.4 cm³/mol. The zero-order valence-electron chi connectivity index (χ0n) is 9.66. The van der Waals surface area contributed by atoms with Crippen LogP contribution < -0.4 is 4.90 Å². The summed E-state index contributed by atoms with van der Waals surface area (Å²) < 4.78 is 0.822. The number of hydrogen-bond acceptors (Lipinski definition) is 2. The third-order valence-corrected chi connectivity index (χ3v) is 3.20. The van der Waals surface area contributed by atoms with Gasteiger partial charge in [0.05, 0.1) is 11.3 Å². The van der Waals surface area contributed by atoms with Gasteiger partial charge in [-0.3, -0.25) is 9.59 Å². The van der Waals surface area contributed by atoms with Crippen molar-refractivity contribution in [1.82, 2.24) is 0 Å². The Labute approximate surface area is 108 Å². The van der Waals surface area contributed by atoms with Crippen molar-refractivity contribution in [3.63, 3.8) is 0 Å². The Morgan fingerprint density at radius 2 is 2.06 bits per heavy atom. The maximum Gasteiger partial charge on any atom is 0.299 e. The summed E-state index contributed by atoms with van der Waals surface area (Å²) in [6.45, 7) is 4.23. The van der Waals surface area contributed by atoms with Gasteiger partial charge in [-0.05, 0) is 31.5 Å². The van der Waals surface area contributed by atoms with Crippen LogP contribution in [0.15, 0.2) is 28.8 Å². The Bertz CT molecular complexity index is 534. The van der Waals surface area contributed by atoms with E-state index in [1.54, 1.807) is 6.07 Å². The van der Waals surface area contributed by atoms with Crippen molar-refractivity contribution in [2.75, 3.05) is 11.4 Å². The molecule has 0 aliphatic carbocycles. The average molecular weight is 294 g/mol. The lowest BCUT2D eigenvalue weighted by molar-refractivity contribution is -0.114. The van der Waals surface area contributed by atoms with E-state index < -0.39 is 11.7 Å². The molecule has 0 bridgehead atoms. The van der Waals surface area contributed by atoms with E-state index in [4.69, 9.17) is 0 Å². The van der Waals surface area contributed by atoms with E-state index in [1.165, 1.54) is 4.90 Å². The Morgan fingerprint density at radius 3 is 2.71 bits per heavy atom. The topological polar surface area (TPSA) is 37.4 Å². The molecule has 1 aromatic carbocycles. The molecule has 2 rings (SSSR count). The van der Waals surface area contributed by atoms with Gasteiger partial charge >= 0.3 is 0 Å². The van der Waals surface area contributed by atoms with Gasteiger partial charge in [-0.15, -0.1) is 0 Å². The van der Waals surface area contributed by atoms with Gasteiger partial charge in [0.15, 0.2) is 0 Å². The zero-order chi connectivity index (χ0) is 12.6. The normalized spacial score (nSPS) is 14.9. The number of carbonyl (C=O) groups excluding carboxylic acids is 2. The fraction of sp³-hybridized carbons (Fsp3) is 0.231. The highest BCUT2D eigenvalue weighted by Gasteiger charge is 2.36. The number of Topliss-reactive ketones (excluding diaryl/α,β-unsaturated/α-hetero) is 1. The summed E-state index contributed by atoms with van der Waals surface area (Å²) >= 11 is 3.34. The first-order chi connectivity index (χ1) is 8.06. The number of nitrogens with zero attached hydrogens (tertiary/aromatic N) is 1. The van der Waals surface area contributed by atoms with E-state index in [1.807, 2.05) is 32.1 Å². The van der Waals surface area contributed by atoms with Gasteiger partial charge in [0, 0.05) is 11.0 Å². The first kappa shape index (κ1) is 12.0. The lowest BCUT2D eigenvalue weighted by Gasteiger charge is -2.16. The van der Waals surface area contributed by atoms with Crippen molar-refractivity contribution < 1.29 is 9.59 Å². The van der Waals surface area contributed by atoms with Crippen molar-refractivity contribution >= 4 is 33.3 Å². The molecule has 0 unspecified atom stereocenters. The molecule has 17 heavy (non-hydrogen) atoms. The molecular weight excluding hydrogens is 282 g/mol. The number of benzene rings is 1. The van der Waals surface area contributed by atoms with Crippen LogP contribution in [0.4, 0.5) is 5.69 Å². The second-order valence-electron chi connectivity index (χ2n) is 3.93. The van der Waals surface area contributed by atoms with Crippen LogP contribution in [0.2, 0.25) is 0 Å². The predicted octanol–water partition coefficient (Wildman–Crippen LogP) is 2.86. The van der Waals surface area contributed by atoms with Crippen molar-refractivity contribution in [3.8, 4) is 0 Å². The molecule has 0 atom stereocenters. The summed E-state index contributed by atoms with van der Waals surface area (Å²) in [5, 5.41) is 0. The minimum absolute atomic E-state index is 0.422. The van der Waals surface area contributed by atoms with Gasteiger partial charge in [-0.25, -0.2) is 0 Å². The lowest BCUT2D eigenvalue weighted by Crippen LogP contribution is -2.30. The number of ketones is 1. The van der Waals surface area contributed by atoms with Crippen LogP contribution in [0.5, 0.6) is 0 Å². The summed E-state index contributed by atoms with van der Waals surface area (Å²) in [5.41, 5.74) is 2.16. The van der Waals surface area contributed by atoms with Crippen LogP contribution in [0.1, 0.15) is 22.8 Å². The molecule has 0 fully saturated rings. The molecule has 0 saturated heterocycles. The number of fused-ring (bicyclic) bond motifs is 1. The molecule has 1 aliphatic heterocycles. The van der Waals surface area contributed by atoms with Crippen LogP contribution in [0.25, 0.3) is 0 Å². The Balaban J connectivity index is 2.56. The molecule has 0 spiro atoms. The van der Waals surface area contributed by atoms with Gasteiger partial charge in [0.2, 0.25) is 0 Å². The fourth-order valence-electron chi connectivity index (χ4n) is 1.99. The Hall–Kier alpha value is -1.42. The number of rotatable bonds is 2. The number of amides is 1. The van der Waals surface area contributed by atoms with Crippen LogP contribution in [0, 0.1) is 6.92 Å². The molecule has 3 nitrogen and oxygen atoms in total. The van der Waals surface area contributed by atoms with Crippen LogP contribution in [0.3, 0.4) is 0 Å². The fourth-order valence-corrected chi connectivity index (χ4v) is 2.56. The standard InChI is InChI=1S/C13H12BrNO2/c1-3-4-5-15-11-8(2)6-9(14)7-10(11)12(16)13(15)17/h3-4,6-7H,5H2,1-2H3/b4-3-. The van der Waals surface area contributed by atoms with Gasteiger partial charge in [0.25, 0.3) is 11.7 Å². The van der Waals surface area contributed by atoms with Gasteiger partial charge in [-0.2, -0.15) is 0 Å². The maximum atomic E-state index is 11.9. The minimum atomic E-state index is -0.445. The van der Waals surface area contributed by atoms with Crippen LogP contribution >= 0.6 is 15.9 Å². The first-order valence-corrected chi connectivity index (χ1v) is 6.13. The summed E-state index contributed by atoms with van der Waals surface area (Å²) in [6.07, 6.45) is 3.73. The number of hydrogen-bond donors (Lipinski definition) is 0. The minimum Gasteiger partial charge on any atom is -0.301 e. The van der Waals surface area contributed by atoms with Gasteiger partial charge in [-0.1, -0.05) is 28.1 Å². The highest BCUT2D eigenvalue weighted by atomic mass is 79.9. The molecule has 1 heterocycles. The van der Waals surface area contributed by atoms with Crippen molar-refractivity contribution in [2.45, 2.75) is 13.8 Å². The maximum absolute atomic E-state index is 11.9. The molecule has 88 valence electrons. The van der Waals surface area contributed by atoms with E-state index in [2.05, 4.69) is 15.9 Å². The molecule has 0 N–H and O–H groups in total. The molecule has 4 heteroatoms. The van der Waals surface area contributed by atoms with Gasteiger partial charge < -0.3 is 4.90 Å². The summed E-state index contributed by atoms with van der Waals surface area (Å²) in [7, 11) is 0. The SMILES string of the molecule is C/C=C\CN1C(=O)C(=O)c2cc(Br)cc(C)c21. The quantitative estimate of drug-likeness (QED) is 0.621. The van der Waals surface area contributed by atoms with Crippen LogP contribution in [-0.4, -0.2) is 18.2 Å². The van der Waals surface area contributed by atoms with E-state index in [0.29, 0.717) is 12.1 Å². The smallest absolute Gasteiger partial charge is 0.299 e. The number of halogens is 1. The molecule has 0 saturated carbocycles. The summed E-state index contributed by atoms with van der Waals surface area (Å²) in [6, 6.07) is 3.62. The zero-order valence-corrected chi connectivity index (χ0v) is 11.2. The number of allylic oxidation sites excluding steroid dienone is 1. The average Bonchev–Trinajstić information content (AvgIpc) is 2.51. The number of aryl methyl sites for hydroxylation is 1. The van der Waals surface area contributed by atoms with Crippen LogP contribution in [-0.2, 0) is 4.79 Å². The second kappa shape index (κ2) is 4.45. The van der Waals surface area contributed by atoms with Gasteiger partial charge in [0.1, 0.15) is 0 Å². The molecule has 1 aliphatic rings. The molecule has 1 aromatic rings. The summed E-state index contributed by atoms with van der Waals surface area (Å²) in [5.74, 6) is -0.867. The Morgan fingerprint density at radius 1 is 1.35 bits per heavy atom. The number of carbonyl (C=O) groups is 2. The monoisotopic (exact) mass is 293 g/mol. The van der Waals surface area contributed by atoms with Crippen molar-refractivity contribution in [3.05, 3.63) is 39.9 Å². The molecular formula is C13H12BrNO2. The van der Waals surface area contributed by atoms with Crippen molar-refractivity contribution in [1.29, 1.82) is 0 Å². The lowest BCUT2D eigenvalue weighted by atomic mass is 10.1. The molecule has 0 aromatic heterocycles. The third kappa shape index (κ3) is 1.93. The first-order valence-electron chi connectivity index (χ1n) is 5.33. The van der Waals surface area contributed by atoms with Crippen molar-refractivity contribution in [2.24, 2.45) is 0 Å². The summed E-state index contributed by atoms with van der Waals surface area (Å²) in [4.78, 5) is 25.2. The van der Waals surface area contributed by atoms with E-state index in [-0.39, 0.29) is 0 Å². The van der Waals surface area contributed by atoms with E-state index >= 15 is 0 Å². The van der Waals surface area contributed by atoms with E-state index in [0.717, 1.165) is 15.7 Å². The van der Waals surface area contributed by atoms with E-state index in [9.17, 15) is 9.59 Å². The second-order valence-corrected chi connectivity index (χ2v) is 4.85. The third-order valence-electron chi connectivity index (χ3n) is 2.74. The number of anilines is 1. The highest BCUT2D eigenvalue weighted by molar-refractivity contribution is 9.10. The highest BCUT2D eigenvalue weighted by Crippen LogP contribution is 2.34. The molecule has 1 amide bonds. The molecule has 0 radical (unpaired) electrons. The Kier molecular flexibility index (Phi) is 3.15. The largest absolute Gasteiger partial charge is 0.301 e.